The van der Waals surface area contributed by atoms with Crippen molar-refractivity contribution >= 4 is 39.2 Å². The van der Waals surface area contributed by atoms with Gasteiger partial charge in [-0.25, -0.2) is 4.98 Å². The number of carbonyl (C=O) groups is 1. The van der Waals surface area contributed by atoms with Gasteiger partial charge >= 0.3 is 0 Å². The minimum Gasteiger partial charge on any atom is -0.376 e. The highest BCUT2D eigenvalue weighted by Crippen LogP contribution is 2.35. The molecule has 0 saturated carbocycles. The molecule has 1 amide bonds. The third-order valence-electron chi connectivity index (χ3n) is 6.52. The molecule has 2 aliphatic rings. The van der Waals surface area contributed by atoms with Crippen LogP contribution in [0.3, 0.4) is 0 Å². The quantitative estimate of drug-likeness (QED) is 0.402. The number of aryl methyl sites for hydroxylation is 3. The fourth-order valence-electron chi connectivity index (χ4n) is 4.67. The first kappa shape index (κ1) is 22.6. The molecule has 1 aliphatic carbocycles. The Labute approximate surface area is 201 Å². The van der Waals surface area contributed by atoms with Crippen molar-refractivity contribution in [2.45, 2.75) is 69.8 Å². The minimum absolute atomic E-state index is 0.0257. The summed E-state index contributed by atoms with van der Waals surface area (Å²) in [6.45, 7) is 3.78. The first-order valence-corrected chi connectivity index (χ1v) is 13.5. The van der Waals surface area contributed by atoms with E-state index in [4.69, 9.17) is 9.72 Å². The van der Waals surface area contributed by atoms with E-state index < -0.39 is 0 Å². The monoisotopic (exact) mass is 483 g/mol. The first-order valence-electron chi connectivity index (χ1n) is 11.7. The third-order valence-corrected chi connectivity index (χ3v) is 8.68. The number of ether oxygens (including phenoxy) is 1. The summed E-state index contributed by atoms with van der Waals surface area (Å²) in [5, 5.41) is 4.41. The second kappa shape index (κ2) is 9.99. The van der Waals surface area contributed by atoms with Gasteiger partial charge < -0.3 is 10.1 Å². The molecule has 0 spiro atoms. The van der Waals surface area contributed by atoms with Gasteiger partial charge in [-0.1, -0.05) is 36.0 Å². The van der Waals surface area contributed by atoms with Crippen LogP contribution in [-0.4, -0.2) is 33.9 Å². The molecule has 1 N–H and O–H groups in total. The van der Waals surface area contributed by atoms with E-state index >= 15 is 0 Å². The SMILES string of the molecule is Cc1ccccc1CNC(=O)CSc1nc2sc3c(c2c(=O)n1CC1CCCO1)CCCC3. The summed E-state index contributed by atoms with van der Waals surface area (Å²) in [6.07, 6.45) is 6.30. The van der Waals surface area contributed by atoms with Crippen LogP contribution in [0.4, 0.5) is 0 Å². The summed E-state index contributed by atoms with van der Waals surface area (Å²) in [6, 6.07) is 8.04. The van der Waals surface area contributed by atoms with Gasteiger partial charge in [-0.2, -0.15) is 0 Å². The molecule has 1 saturated heterocycles. The Hall–Kier alpha value is -2.16. The van der Waals surface area contributed by atoms with E-state index in [1.54, 1.807) is 15.9 Å². The highest BCUT2D eigenvalue weighted by Gasteiger charge is 2.25. The number of benzene rings is 1. The van der Waals surface area contributed by atoms with Gasteiger partial charge in [0, 0.05) is 18.0 Å². The second-order valence-corrected chi connectivity index (χ2v) is 10.9. The highest BCUT2D eigenvalue weighted by molar-refractivity contribution is 7.99. The highest BCUT2D eigenvalue weighted by atomic mass is 32.2. The molecule has 0 bridgehead atoms. The van der Waals surface area contributed by atoms with Crippen molar-refractivity contribution < 1.29 is 9.53 Å². The summed E-state index contributed by atoms with van der Waals surface area (Å²) in [7, 11) is 0. The normalized spacial score (nSPS) is 17.9. The van der Waals surface area contributed by atoms with Crippen LogP contribution in [0.15, 0.2) is 34.2 Å². The number of amides is 1. The Morgan fingerprint density at radius 1 is 1.27 bits per heavy atom. The topological polar surface area (TPSA) is 73.2 Å². The van der Waals surface area contributed by atoms with Crippen molar-refractivity contribution in [2.24, 2.45) is 0 Å². The molecular formula is C25H29N3O3S2. The Balaban J connectivity index is 1.38. The summed E-state index contributed by atoms with van der Waals surface area (Å²) in [5.41, 5.74) is 3.49. The molecular weight excluding hydrogens is 454 g/mol. The lowest BCUT2D eigenvalue weighted by Gasteiger charge is -2.16. The number of hydrogen-bond donors (Lipinski definition) is 1. The first-order chi connectivity index (χ1) is 16.1. The van der Waals surface area contributed by atoms with Crippen LogP contribution >= 0.6 is 23.1 Å². The second-order valence-electron chi connectivity index (χ2n) is 8.83. The molecule has 3 heterocycles. The van der Waals surface area contributed by atoms with E-state index in [0.717, 1.165) is 60.1 Å². The predicted molar refractivity (Wildman–Crippen MR) is 133 cm³/mol. The van der Waals surface area contributed by atoms with Crippen LogP contribution in [-0.2, 0) is 35.5 Å². The van der Waals surface area contributed by atoms with Crippen LogP contribution < -0.4 is 10.9 Å². The standard InChI is InChI=1S/C25H29N3O3S2/c1-16-7-2-3-8-17(16)13-26-21(29)15-32-25-27-23-22(19-10-4-5-11-20(19)33-23)24(30)28(25)14-18-9-6-12-31-18/h2-3,7-8,18H,4-6,9-15H2,1H3,(H,26,29). The van der Waals surface area contributed by atoms with E-state index in [0.29, 0.717) is 18.2 Å². The Morgan fingerprint density at radius 2 is 2.12 bits per heavy atom. The van der Waals surface area contributed by atoms with Crippen LogP contribution in [0.2, 0.25) is 0 Å². The van der Waals surface area contributed by atoms with Crippen LogP contribution in [0.1, 0.15) is 47.3 Å². The van der Waals surface area contributed by atoms with Gasteiger partial charge in [-0.05, 0) is 62.1 Å². The number of carbonyl (C=O) groups excluding carboxylic acids is 1. The Bertz CT molecular complexity index is 1230. The average molecular weight is 484 g/mol. The molecule has 33 heavy (non-hydrogen) atoms. The number of rotatable bonds is 7. The Kier molecular flexibility index (Phi) is 6.85. The largest absolute Gasteiger partial charge is 0.376 e. The maximum absolute atomic E-state index is 13.6. The number of nitrogens with zero attached hydrogens (tertiary/aromatic N) is 2. The number of thiophene rings is 1. The summed E-state index contributed by atoms with van der Waals surface area (Å²) < 4.78 is 7.59. The molecule has 3 aromatic rings. The number of thioether (sulfide) groups is 1. The molecule has 0 radical (unpaired) electrons. The minimum atomic E-state index is -0.0632. The molecule has 1 aromatic carbocycles. The Morgan fingerprint density at radius 3 is 2.94 bits per heavy atom. The molecule has 8 heteroatoms. The van der Waals surface area contributed by atoms with Gasteiger partial charge in [0.05, 0.1) is 23.8 Å². The predicted octanol–water partition coefficient (Wildman–Crippen LogP) is 4.23. The summed E-state index contributed by atoms with van der Waals surface area (Å²) >= 11 is 3.00. The molecule has 1 unspecified atom stereocenters. The van der Waals surface area contributed by atoms with E-state index in [-0.39, 0.29) is 23.3 Å². The summed E-state index contributed by atoms with van der Waals surface area (Å²) in [5.74, 6) is 0.159. The lowest BCUT2D eigenvalue weighted by molar-refractivity contribution is -0.118. The van der Waals surface area contributed by atoms with Gasteiger partial charge in [-0.15, -0.1) is 11.3 Å². The fourth-order valence-corrected chi connectivity index (χ4v) is 6.81. The average Bonchev–Trinajstić information content (AvgIpc) is 3.46. The van der Waals surface area contributed by atoms with Crippen molar-refractivity contribution in [3.8, 4) is 0 Å². The molecule has 1 fully saturated rings. The van der Waals surface area contributed by atoms with Crippen molar-refractivity contribution in [3.63, 3.8) is 0 Å². The van der Waals surface area contributed by atoms with E-state index in [9.17, 15) is 9.59 Å². The molecule has 6 nitrogen and oxygen atoms in total. The van der Waals surface area contributed by atoms with Crippen molar-refractivity contribution in [1.82, 2.24) is 14.9 Å². The lowest BCUT2D eigenvalue weighted by Crippen LogP contribution is -2.30. The number of aromatic nitrogens is 2. The summed E-state index contributed by atoms with van der Waals surface area (Å²) in [4.78, 5) is 33.2. The lowest BCUT2D eigenvalue weighted by atomic mass is 9.97. The zero-order valence-corrected chi connectivity index (χ0v) is 20.5. The smallest absolute Gasteiger partial charge is 0.263 e. The molecule has 5 rings (SSSR count). The van der Waals surface area contributed by atoms with Gasteiger partial charge in [0.1, 0.15) is 4.83 Å². The van der Waals surface area contributed by atoms with Gasteiger partial charge in [0.25, 0.3) is 5.56 Å². The molecule has 1 atom stereocenters. The third kappa shape index (κ3) is 4.88. The van der Waals surface area contributed by atoms with Crippen molar-refractivity contribution in [2.75, 3.05) is 12.4 Å². The molecule has 1 aliphatic heterocycles. The van der Waals surface area contributed by atoms with E-state index in [2.05, 4.69) is 5.32 Å². The van der Waals surface area contributed by atoms with Gasteiger partial charge in [0.2, 0.25) is 5.91 Å². The van der Waals surface area contributed by atoms with Gasteiger partial charge in [-0.3, -0.25) is 14.2 Å². The molecule has 174 valence electrons. The number of hydrogen-bond acceptors (Lipinski definition) is 6. The molecule has 2 aromatic heterocycles. The van der Waals surface area contributed by atoms with Crippen LogP contribution in [0.5, 0.6) is 0 Å². The number of fused-ring (bicyclic) bond motifs is 3. The zero-order valence-electron chi connectivity index (χ0n) is 18.9. The van der Waals surface area contributed by atoms with E-state index in [1.165, 1.54) is 28.6 Å². The maximum atomic E-state index is 13.6. The van der Waals surface area contributed by atoms with Crippen molar-refractivity contribution in [3.05, 3.63) is 56.2 Å². The fraction of sp³-hybridized carbons (Fsp3) is 0.480. The van der Waals surface area contributed by atoms with Crippen LogP contribution in [0, 0.1) is 6.92 Å². The van der Waals surface area contributed by atoms with Crippen LogP contribution in [0.25, 0.3) is 10.2 Å². The maximum Gasteiger partial charge on any atom is 0.263 e. The zero-order chi connectivity index (χ0) is 22.8. The van der Waals surface area contributed by atoms with Crippen molar-refractivity contribution in [1.29, 1.82) is 0 Å². The van der Waals surface area contributed by atoms with E-state index in [1.807, 2.05) is 31.2 Å². The van der Waals surface area contributed by atoms with Gasteiger partial charge in [0.15, 0.2) is 5.16 Å². The number of nitrogens with one attached hydrogen (secondary N) is 1.